The van der Waals surface area contributed by atoms with Gasteiger partial charge in [-0.05, 0) is 25.5 Å². The molecule has 0 fully saturated rings. The smallest absolute Gasteiger partial charge is 0.160 e. The summed E-state index contributed by atoms with van der Waals surface area (Å²) in [6, 6.07) is 15.6. The maximum absolute atomic E-state index is 11.7. The fourth-order valence-electron chi connectivity index (χ4n) is 2.35. The molecule has 2 aromatic carbocycles. The highest BCUT2D eigenvalue weighted by Gasteiger charge is 2.13. The lowest BCUT2D eigenvalue weighted by Gasteiger charge is -2.02. The van der Waals surface area contributed by atoms with E-state index in [0.717, 1.165) is 27.9 Å². The predicted octanol–water partition coefficient (Wildman–Crippen LogP) is 4.61. The molecular weight excluding hydrogens is 236 g/mol. The molecule has 1 heterocycles. The number of para-hydroxylation sites is 1. The molecule has 1 aromatic heterocycles. The Labute approximate surface area is 111 Å². The largest absolute Gasteiger partial charge is 0.456 e. The van der Waals surface area contributed by atoms with Crippen molar-refractivity contribution in [2.24, 2.45) is 0 Å². The lowest BCUT2D eigenvalue weighted by atomic mass is 10.0. The van der Waals surface area contributed by atoms with Crippen LogP contribution in [0.4, 0.5) is 0 Å². The average Bonchev–Trinajstić information content (AvgIpc) is 2.84. The molecule has 0 N–H and O–H groups in total. The molecule has 0 saturated carbocycles. The Morgan fingerprint density at radius 1 is 1.05 bits per heavy atom. The van der Waals surface area contributed by atoms with E-state index in [-0.39, 0.29) is 5.78 Å². The van der Waals surface area contributed by atoms with Gasteiger partial charge in [0.05, 0.1) is 0 Å². The summed E-state index contributed by atoms with van der Waals surface area (Å²) in [6.07, 6.45) is 0. The SMILES string of the molecule is CC(=O)c1ccccc1-c1cc2cccc(C)c2o1. The molecule has 0 atom stereocenters. The van der Waals surface area contributed by atoms with Gasteiger partial charge in [0.2, 0.25) is 0 Å². The quantitative estimate of drug-likeness (QED) is 0.622. The average molecular weight is 250 g/mol. The van der Waals surface area contributed by atoms with Gasteiger partial charge in [-0.3, -0.25) is 4.79 Å². The topological polar surface area (TPSA) is 30.2 Å². The second kappa shape index (κ2) is 4.39. The first-order valence-corrected chi connectivity index (χ1v) is 6.26. The summed E-state index contributed by atoms with van der Waals surface area (Å²) in [5, 5.41) is 1.06. The molecule has 0 radical (unpaired) electrons. The van der Waals surface area contributed by atoms with Gasteiger partial charge in [-0.25, -0.2) is 0 Å². The van der Waals surface area contributed by atoms with Gasteiger partial charge in [0, 0.05) is 16.5 Å². The maximum Gasteiger partial charge on any atom is 0.160 e. The molecule has 2 heteroatoms. The third kappa shape index (κ3) is 1.95. The number of aryl methyl sites for hydroxylation is 1. The Morgan fingerprint density at radius 2 is 1.84 bits per heavy atom. The number of Topliss-reactive ketones (excluding diaryl/α,β-unsaturated/α-hetero) is 1. The van der Waals surface area contributed by atoms with Crippen LogP contribution in [0.3, 0.4) is 0 Å². The fourth-order valence-corrected chi connectivity index (χ4v) is 2.35. The Kier molecular flexibility index (Phi) is 2.71. The molecule has 0 aliphatic carbocycles. The molecule has 3 rings (SSSR count). The summed E-state index contributed by atoms with van der Waals surface area (Å²) >= 11 is 0. The van der Waals surface area contributed by atoms with Gasteiger partial charge in [-0.15, -0.1) is 0 Å². The van der Waals surface area contributed by atoms with Gasteiger partial charge in [-0.1, -0.05) is 42.5 Å². The van der Waals surface area contributed by atoms with Crippen LogP contribution >= 0.6 is 0 Å². The molecule has 0 aliphatic rings. The van der Waals surface area contributed by atoms with Gasteiger partial charge >= 0.3 is 0 Å². The number of carbonyl (C=O) groups excluding carboxylic acids is 1. The summed E-state index contributed by atoms with van der Waals surface area (Å²) in [5.41, 5.74) is 3.53. The van der Waals surface area contributed by atoms with Gasteiger partial charge in [0.1, 0.15) is 11.3 Å². The Morgan fingerprint density at radius 3 is 2.58 bits per heavy atom. The van der Waals surface area contributed by atoms with Crippen molar-refractivity contribution in [3.05, 3.63) is 59.7 Å². The van der Waals surface area contributed by atoms with Crippen molar-refractivity contribution in [1.82, 2.24) is 0 Å². The van der Waals surface area contributed by atoms with E-state index in [1.54, 1.807) is 6.92 Å². The van der Waals surface area contributed by atoms with E-state index >= 15 is 0 Å². The van der Waals surface area contributed by atoms with E-state index in [0.29, 0.717) is 5.56 Å². The molecule has 0 amide bonds. The molecule has 3 aromatic rings. The van der Waals surface area contributed by atoms with Crippen LogP contribution in [0.2, 0.25) is 0 Å². The van der Waals surface area contributed by atoms with Gasteiger partial charge in [-0.2, -0.15) is 0 Å². The van der Waals surface area contributed by atoms with Crippen LogP contribution < -0.4 is 0 Å². The number of hydrogen-bond acceptors (Lipinski definition) is 2. The van der Waals surface area contributed by atoms with Crippen molar-refractivity contribution in [2.45, 2.75) is 13.8 Å². The first kappa shape index (κ1) is 11.7. The second-order valence-electron chi connectivity index (χ2n) is 4.71. The Balaban J connectivity index is 2.25. The van der Waals surface area contributed by atoms with E-state index in [2.05, 4.69) is 0 Å². The summed E-state index contributed by atoms with van der Waals surface area (Å²) in [6.45, 7) is 3.60. The summed E-state index contributed by atoms with van der Waals surface area (Å²) in [5.74, 6) is 0.794. The first-order valence-electron chi connectivity index (χ1n) is 6.26. The minimum atomic E-state index is 0.0489. The molecule has 0 bridgehead atoms. The van der Waals surface area contributed by atoms with E-state index < -0.39 is 0 Å². The maximum atomic E-state index is 11.7. The van der Waals surface area contributed by atoms with Gasteiger partial charge in [0.15, 0.2) is 5.78 Å². The summed E-state index contributed by atoms with van der Waals surface area (Å²) < 4.78 is 5.92. The molecular formula is C17H14O2. The number of rotatable bonds is 2. The molecule has 0 aliphatic heterocycles. The van der Waals surface area contributed by atoms with Crippen molar-refractivity contribution in [2.75, 3.05) is 0 Å². The Hall–Kier alpha value is -2.35. The van der Waals surface area contributed by atoms with E-state index in [1.165, 1.54) is 0 Å². The van der Waals surface area contributed by atoms with Gasteiger partial charge in [0.25, 0.3) is 0 Å². The highest BCUT2D eigenvalue weighted by molar-refractivity contribution is 6.01. The number of benzene rings is 2. The number of carbonyl (C=O) groups is 1. The standard InChI is InChI=1S/C17H14O2/c1-11-6-5-7-13-10-16(19-17(11)13)15-9-4-3-8-14(15)12(2)18/h3-10H,1-2H3. The van der Waals surface area contributed by atoms with Crippen molar-refractivity contribution < 1.29 is 9.21 Å². The van der Waals surface area contributed by atoms with Crippen molar-refractivity contribution >= 4 is 16.8 Å². The fraction of sp³-hybridized carbons (Fsp3) is 0.118. The second-order valence-corrected chi connectivity index (χ2v) is 4.71. The van der Waals surface area contributed by atoms with Crippen LogP contribution in [-0.4, -0.2) is 5.78 Å². The monoisotopic (exact) mass is 250 g/mol. The molecule has 0 saturated heterocycles. The zero-order valence-corrected chi connectivity index (χ0v) is 10.9. The van der Waals surface area contributed by atoms with Crippen molar-refractivity contribution in [1.29, 1.82) is 0 Å². The minimum Gasteiger partial charge on any atom is -0.456 e. The van der Waals surface area contributed by atoms with Crippen LogP contribution in [0.5, 0.6) is 0 Å². The zero-order chi connectivity index (χ0) is 13.4. The molecule has 19 heavy (non-hydrogen) atoms. The highest BCUT2D eigenvalue weighted by Crippen LogP contribution is 2.31. The zero-order valence-electron chi connectivity index (χ0n) is 10.9. The number of ketones is 1. The predicted molar refractivity (Wildman–Crippen MR) is 76.4 cm³/mol. The van der Waals surface area contributed by atoms with Crippen LogP contribution in [-0.2, 0) is 0 Å². The first-order chi connectivity index (χ1) is 9.16. The van der Waals surface area contributed by atoms with E-state index in [9.17, 15) is 4.79 Å². The number of fused-ring (bicyclic) bond motifs is 1. The van der Waals surface area contributed by atoms with Crippen molar-refractivity contribution in [3.63, 3.8) is 0 Å². The lowest BCUT2D eigenvalue weighted by Crippen LogP contribution is -1.94. The number of furan rings is 1. The molecule has 2 nitrogen and oxygen atoms in total. The van der Waals surface area contributed by atoms with Crippen LogP contribution in [0.15, 0.2) is 52.9 Å². The summed E-state index contributed by atoms with van der Waals surface area (Å²) in [4.78, 5) is 11.7. The lowest BCUT2D eigenvalue weighted by molar-refractivity contribution is 0.101. The van der Waals surface area contributed by atoms with Crippen LogP contribution in [0, 0.1) is 6.92 Å². The highest BCUT2D eigenvalue weighted by atomic mass is 16.3. The molecule has 0 unspecified atom stereocenters. The normalized spacial score (nSPS) is 10.8. The van der Waals surface area contributed by atoms with Crippen molar-refractivity contribution in [3.8, 4) is 11.3 Å². The Bertz CT molecular complexity index is 766. The van der Waals surface area contributed by atoms with E-state index in [1.807, 2.05) is 55.5 Å². The molecule has 94 valence electrons. The minimum absolute atomic E-state index is 0.0489. The molecule has 0 spiro atoms. The third-order valence-corrected chi connectivity index (χ3v) is 3.31. The van der Waals surface area contributed by atoms with Crippen LogP contribution in [0.25, 0.3) is 22.3 Å². The number of hydrogen-bond donors (Lipinski definition) is 0. The van der Waals surface area contributed by atoms with Crippen LogP contribution in [0.1, 0.15) is 22.8 Å². The van der Waals surface area contributed by atoms with E-state index in [4.69, 9.17) is 4.42 Å². The third-order valence-electron chi connectivity index (χ3n) is 3.31. The summed E-state index contributed by atoms with van der Waals surface area (Å²) in [7, 11) is 0. The van der Waals surface area contributed by atoms with Gasteiger partial charge < -0.3 is 4.42 Å².